The predicted molar refractivity (Wildman–Crippen MR) is 51.5 cm³/mol. The van der Waals surface area contributed by atoms with Crippen molar-refractivity contribution >= 4 is 5.78 Å². The van der Waals surface area contributed by atoms with E-state index < -0.39 is 0 Å². The highest BCUT2D eigenvalue weighted by atomic mass is 16.5. The summed E-state index contributed by atoms with van der Waals surface area (Å²) >= 11 is 0. The van der Waals surface area contributed by atoms with Gasteiger partial charge in [-0.05, 0) is 12.8 Å². The molecule has 1 aliphatic heterocycles. The number of carbonyl (C=O) groups is 1. The summed E-state index contributed by atoms with van der Waals surface area (Å²) in [6.07, 6.45) is 3.59. The van der Waals surface area contributed by atoms with Crippen molar-refractivity contribution in [2.24, 2.45) is 5.41 Å². The first-order chi connectivity index (χ1) is 7.20. The van der Waals surface area contributed by atoms with Crippen molar-refractivity contribution in [2.75, 3.05) is 13.2 Å². The number of ether oxygens (including phenoxy) is 1. The van der Waals surface area contributed by atoms with E-state index in [2.05, 4.69) is 10.1 Å². The second-order valence-corrected chi connectivity index (χ2v) is 4.64. The number of hydrogen-bond donors (Lipinski definition) is 0. The Morgan fingerprint density at radius 2 is 2.33 bits per heavy atom. The van der Waals surface area contributed by atoms with Crippen molar-refractivity contribution in [1.82, 2.24) is 14.8 Å². The molecule has 5 nitrogen and oxygen atoms in total. The zero-order valence-electron chi connectivity index (χ0n) is 8.64. The zero-order chi connectivity index (χ0) is 10.5. The van der Waals surface area contributed by atoms with Crippen LogP contribution in [0.1, 0.15) is 36.4 Å². The van der Waals surface area contributed by atoms with Crippen molar-refractivity contribution in [3.05, 3.63) is 12.2 Å². The standard InChI is InChI=1S/C10H13N3O2/c1-7(14)9-11-6-12-13(9)8-2-10(3-8)4-15-5-10/h6,8H,2-5H2,1H3. The Bertz CT molecular complexity index is 401. The number of ketones is 1. The summed E-state index contributed by atoms with van der Waals surface area (Å²) in [6, 6.07) is 0.343. The lowest BCUT2D eigenvalue weighted by Crippen LogP contribution is -2.53. The van der Waals surface area contributed by atoms with E-state index in [1.807, 2.05) is 0 Å². The lowest BCUT2D eigenvalue weighted by Gasteiger charge is -2.53. The molecule has 5 heteroatoms. The lowest BCUT2D eigenvalue weighted by atomic mass is 9.64. The average molecular weight is 207 g/mol. The molecule has 0 unspecified atom stereocenters. The van der Waals surface area contributed by atoms with Crippen molar-refractivity contribution in [3.63, 3.8) is 0 Å². The number of aromatic nitrogens is 3. The van der Waals surface area contributed by atoms with Crippen LogP contribution >= 0.6 is 0 Å². The van der Waals surface area contributed by atoms with Gasteiger partial charge < -0.3 is 4.74 Å². The van der Waals surface area contributed by atoms with Gasteiger partial charge in [0.25, 0.3) is 0 Å². The van der Waals surface area contributed by atoms with Gasteiger partial charge in [-0.15, -0.1) is 0 Å². The van der Waals surface area contributed by atoms with Crippen LogP contribution in [0.4, 0.5) is 0 Å². The highest BCUT2D eigenvalue weighted by molar-refractivity contribution is 5.90. The molecule has 1 aliphatic carbocycles. The molecule has 0 bridgehead atoms. The molecule has 0 aromatic carbocycles. The third-order valence-electron chi connectivity index (χ3n) is 3.39. The second kappa shape index (κ2) is 2.88. The van der Waals surface area contributed by atoms with Gasteiger partial charge in [0.1, 0.15) is 6.33 Å². The van der Waals surface area contributed by atoms with E-state index in [1.54, 1.807) is 4.68 Å². The third-order valence-corrected chi connectivity index (χ3v) is 3.39. The first-order valence-electron chi connectivity index (χ1n) is 5.18. The Labute approximate surface area is 87.4 Å². The summed E-state index contributed by atoms with van der Waals surface area (Å²) in [6.45, 7) is 3.27. The topological polar surface area (TPSA) is 57.0 Å². The molecule has 0 N–H and O–H groups in total. The Hall–Kier alpha value is -1.23. The van der Waals surface area contributed by atoms with Gasteiger partial charge >= 0.3 is 0 Å². The van der Waals surface area contributed by atoms with Gasteiger partial charge in [-0.1, -0.05) is 0 Å². The van der Waals surface area contributed by atoms with Crippen molar-refractivity contribution < 1.29 is 9.53 Å². The fraction of sp³-hybridized carbons (Fsp3) is 0.700. The van der Waals surface area contributed by atoms with Crippen LogP contribution in [0, 0.1) is 5.41 Å². The zero-order valence-corrected chi connectivity index (χ0v) is 8.64. The number of Topliss-reactive ketones (excluding diaryl/α,β-unsaturated/α-hetero) is 1. The molecule has 1 spiro atoms. The highest BCUT2D eigenvalue weighted by Crippen LogP contribution is 2.52. The molecule has 15 heavy (non-hydrogen) atoms. The minimum atomic E-state index is -0.0155. The maximum atomic E-state index is 11.3. The van der Waals surface area contributed by atoms with Crippen LogP contribution in [0.15, 0.2) is 6.33 Å². The molecule has 0 radical (unpaired) electrons. The van der Waals surface area contributed by atoms with Crippen LogP contribution in [0.25, 0.3) is 0 Å². The number of hydrogen-bond acceptors (Lipinski definition) is 4. The highest BCUT2D eigenvalue weighted by Gasteiger charge is 2.51. The van der Waals surface area contributed by atoms with Gasteiger partial charge in [0, 0.05) is 12.3 Å². The first-order valence-corrected chi connectivity index (χ1v) is 5.18. The molecule has 2 aliphatic rings. The quantitative estimate of drug-likeness (QED) is 0.674. The fourth-order valence-electron chi connectivity index (χ4n) is 2.51. The summed E-state index contributed by atoms with van der Waals surface area (Å²) < 4.78 is 6.98. The van der Waals surface area contributed by atoms with E-state index in [0.717, 1.165) is 26.1 Å². The van der Waals surface area contributed by atoms with Crippen LogP contribution in [-0.2, 0) is 4.74 Å². The van der Waals surface area contributed by atoms with Crippen LogP contribution < -0.4 is 0 Å². The van der Waals surface area contributed by atoms with Crippen molar-refractivity contribution in [2.45, 2.75) is 25.8 Å². The van der Waals surface area contributed by atoms with Crippen molar-refractivity contribution in [1.29, 1.82) is 0 Å². The van der Waals surface area contributed by atoms with Crippen LogP contribution in [0.5, 0.6) is 0 Å². The summed E-state index contributed by atoms with van der Waals surface area (Å²) in [5.74, 6) is 0.466. The fourth-order valence-corrected chi connectivity index (χ4v) is 2.51. The minimum Gasteiger partial charge on any atom is -0.380 e. The van der Waals surface area contributed by atoms with Crippen LogP contribution in [0.2, 0.25) is 0 Å². The van der Waals surface area contributed by atoms with Gasteiger partial charge in [0.15, 0.2) is 11.6 Å². The van der Waals surface area contributed by atoms with E-state index in [9.17, 15) is 4.79 Å². The Kier molecular flexibility index (Phi) is 1.74. The second-order valence-electron chi connectivity index (χ2n) is 4.64. The van der Waals surface area contributed by atoms with Gasteiger partial charge in [-0.25, -0.2) is 9.67 Å². The van der Waals surface area contributed by atoms with Crippen LogP contribution in [0.3, 0.4) is 0 Å². The molecular formula is C10H13N3O2. The third kappa shape index (κ3) is 1.23. The SMILES string of the molecule is CC(=O)c1ncnn1C1CC2(COC2)C1. The Morgan fingerprint density at radius 3 is 2.87 bits per heavy atom. The monoisotopic (exact) mass is 207 g/mol. The molecule has 2 fully saturated rings. The van der Waals surface area contributed by atoms with Gasteiger partial charge in [0.05, 0.1) is 19.3 Å². The van der Waals surface area contributed by atoms with Gasteiger partial charge in [-0.3, -0.25) is 4.79 Å². The van der Waals surface area contributed by atoms with E-state index in [1.165, 1.54) is 13.3 Å². The maximum absolute atomic E-state index is 11.3. The van der Waals surface area contributed by atoms with Crippen molar-refractivity contribution in [3.8, 4) is 0 Å². The van der Waals surface area contributed by atoms with E-state index in [4.69, 9.17) is 4.74 Å². The largest absolute Gasteiger partial charge is 0.380 e. The molecule has 2 heterocycles. The molecule has 3 rings (SSSR count). The van der Waals surface area contributed by atoms with E-state index >= 15 is 0 Å². The molecule has 80 valence electrons. The van der Waals surface area contributed by atoms with E-state index in [0.29, 0.717) is 17.3 Å². The van der Waals surface area contributed by atoms with E-state index in [-0.39, 0.29) is 5.78 Å². The average Bonchev–Trinajstić information content (AvgIpc) is 2.47. The van der Waals surface area contributed by atoms with Gasteiger partial charge in [-0.2, -0.15) is 5.10 Å². The predicted octanol–water partition coefficient (Wildman–Crippen LogP) is 0.832. The lowest BCUT2D eigenvalue weighted by molar-refractivity contribution is -0.176. The molecule has 1 saturated carbocycles. The molecular weight excluding hydrogens is 194 g/mol. The molecule has 0 amide bonds. The summed E-state index contributed by atoms with van der Waals surface area (Å²) in [5, 5.41) is 4.13. The molecule has 0 atom stereocenters. The molecule has 1 saturated heterocycles. The number of rotatable bonds is 2. The smallest absolute Gasteiger partial charge is 0.196 e. The normalized spacial score (nSPS) is 23.5. The Balaban J connectivity index is 1.77. The molecule has 1 aromatic heterocycles. The summed E-state index contributed by atoms with van der Waals surface area (Å²) in [7, 11) is 0. The minimum absolute atomic E-state index is 0.0155. The first kappa shape index (κ1) is 9.03. The maximum Gasteiger partial charge on any atom is 0.196 e. The molecule has 1 aromatic rings. The summed E-state index contributed by atoms with van der Waals surface area (Å²) in [4.78, 5) is 15.2. The Morgan fingerprint density at radius 1 is 1.60 bits per heavy atom. The van der Waals surface area contributed by atoms with Crippen LogP contribution in [-0.4, -0.2) is 33.8 Å². The number of nitrogens with zero attached hydrogens (tertiary/aromatic N) is 3. The summed E-state index contributed by atoms with van der Waals surface area (Å²) in [5.41, 5.74) is 0.394. The van der Waals surface area contributed by atoms with Gasteiger partial charge in [0.2, 0.25) is 0 Å². The number of carbonyl (C=O) groups excluding carboxylic acids is 1.